The summed E-state index contributed by atoms with van der Waals surface area (Å²) in [5, 5.41) is 1.32. The molecule has 0 heterocycles. The molecular formula is C11H9F2N. The highest BCUT2D eigenvalue weighted by atomic mass is 19.3. The van der Waals surface area contributed by atoms with Gasteiger partial charge in [0, 0.05) is 11.3 Å². The summed E-state index contributed by atoms with van der Waals surface area (Å²) < 4.78 is 25.4. The first kappa shape index (κ1) is 8.94. The Labute approximate surface area is 80.1 Å². The molecule has 2 rings (SSSR count). The first-order valence-electron chi connectivity index (χ1n) is 4.25. The summed E-state index contributed by atoms with van der Waals surface area (Å²) in [5.74, 6) is 0. The van der Waals surface area contributed by atoms with E-state index in [0.717, 1.165) is 5.39 Å². The van der Waals surface area contributed by atoms with Gasteiger partial charge in [0.2, 0.25) is 0 Å². The van der Waals surface area contributed by atoms with E-state index in [1.54, 1.807) is 24.3 Å². The second-order valence-corrected chi connectivity index (χ2v) is 3.09. The number of fused-ring (bicyclic) bond motifs is 1. The van der Waals surface area contributed by atoms with Crippen LogP contribution < -0.4 is 5.73 Å². The molecule has 1 nitrogen and oxygen atoms in total. The minimum Gasteiger partial charge on any atom is -0.398 e. The Morgan fingerprint density at radius 2 is 1.71 bits per heavy atom. The van der Waals surface area contributed by atoms with Gasteiger partial charge in [0.25, 0.3) is 6.43 Å². The highest BCUT2D eigenvalue weighted by molar-refractivity contribution is 5.89. The molecule has 3 heteroatoms. The molecule has 72 valence electrons. The molecule has 0 radical (unpaired) electrons. The smallest absolute Gasteiger partial charge is 0.266 e. The SMILES string of the molecule is Nc1ccc2ccccc2c1C(F)F. The molecule has 0 bridgehead atoms. The van der Waals surface area contributed by atoms with Gasteiger partial charge in [-0.2, -0.15) is 0 Å². The fourth-order valence-electron chi connectivity index (χ4n) is 1.56. The lowest BCUT2D eigenvalue weighted by atomic mass is 10.0. The van der Waals surface area contributed by atoms with Gasteiger partial charge in [0.1, 0.15) is 0 Å². The fourth-order valence-corrected chi connectivity index (χ4v) is 1.56. The Kier molecular flexibility index (Phi) is 2.08. The van der Waals surface area contributed by atoms with Gasteiger partial charge in [-0.1, -0.05) is 30.3 Å². The molecule has 0 aliphatic carbocycles. The average molecular weight is 193 g/mol. The van der Waals surface area contributed by atoms with Gasteiger partial charge < -0.3 is 5.73 Å². The van der Waals surface area contributed by atoms with Gasteiger partial charge in [0.05, 0.1) is 0 Å². The summed E-state index contributed by atoms with van der Waals surface area (Å²) in [4.78, 5) is 0. The van der Waals surface area contributed by atoms with Crippen LogP contribution in [0.3, 0.4) is 0 Å². The predicted molar refractivity (Wildman–Crippen MR) is 53.3 cm³/mol. The Bertz CT molecular complexity index is 466. The van der Waals surface area contributed by atoms with E-state index in [2.05, 4.69) is 0 Å². The normalized spacial score (nSPS) is 11.1. The van der Waals surface area contributed by atoms with Gasteiger partial charge in [-0.05, 0) is 16.8 Å². The van der Waals surface area contributed by atoms with Gasteiger partial charge in [0.15, 0.2) is 0 Å². The minimum atomic E-state index is -2.53. The first-order valence-corrected chi connectivity index (χ1v) is 4.25. The molecule has 0 atom stereocenters. The van der Waals surface area contributed by atoms with Crippen LogP contribution in [0.25, 0.3) is 10.8 Å². The van der Waals surface area contributed by atoms with Crippen LogP contribution >= 0.6 is 0 Å². The lowest BCUT2D eigenvalue weighted by Gasteiger charge is -2.08. The Morgan fingerprint density at radius 1 is 1.00 bits per heavy atom. The zero-order valence-electron chi connectivity index (χ0n) is 7.37. The molecule has 0 spiro atoms. The third-order valence-electron chi connectivity index (χ3n) is 2.22. The van der Waals surface area contributed by atoms with E-state index >= 15 is 0 Å². The van der Waals surface area contributed by atoms with E-state index in [0.29, 0.717) is 5.39 Å². The molecule has 2 aromatic carbocycles. The molecule has 0 aromatic heterocycles. The maximum Gasteiger partial charge on any atom is 0.266 e. The van der Waals surface area contributed by atoms with E-state index in [1.807, 2.05) is 6.07 Å². The first-order chi connectivity index (χ1) is 6.70. The number of hydrogen-bond acceptors (Lipinski definition) is 1. The topological polar surface area (TPSA) is 26.0 Å². The van der Waals surface area contributed by atoms with Crippen LogP contribution in [0.15, 0.2) is 36.4 Å². The molecule has 0 saturated carbocycles. The number of nitrogens with two attached hydrogens (primary N) is 1. The van der Waals surface area contributed by atoms with E-state index in [4.69, 9.17) is 5.73 Å². The quantitative estimate of drug-likeness (QED) is 0.690. The zero-order valence-corrected chi connectivity index (χ0v) is 7.37. The van der Waals surface area contributed by atoms with Crippen molar-refractivity contribution in [3.05, 3.63) is 42.0 Å². The van der Waals surface area contributed by atoms with E-state index in [9.17, 15) is 8.78 Å². The number of rotatable bonds is 1. The zero-order chi connectivity index (χ0) is 10.1. The lowest BCUT2D eigenvalue weighted by Crippen LogP contribution is -1.95. The largest absolute Gasteiger partial charge is 0.398 e. The third-order valence-corrected chi connectivity index (χ3v) is 2.22. The summed E-state index contributed by atoms with van der Waals surface area (Å²) in [6.45, 7) is 0. The van der Waals surface area contributed by atoms with Crippen molar-refractivity contribution in [2.24, 2.45) is 0 Å². The van der Waals surface area contributed by atoms with E-state index < -0.39 is 6.43 Å². The van der Waals surface area contributed by atoms with Crippen LogP contribution in [0, 0.1) is 0 Å². The molecule has 14 heavy (non-hydrogen) atoms. The molecule has 0 aliphatic rings. The van der Waals surface area contributed by atoms with Crippen molar-refractivity contribution in [2.45, 2.75) is 6.43 Å². The van der Waals surface area contributed by atoms with Crippen LogP contribution in [0.4, 0.5) is 14.5 Å². The van der Waals surface area contributed by atoms with Crippen molar-refractivity contribution in [3.8, 4) is 0 Å². The van der Waals surface area contributed by atoms with E-state index in [-0.39, 0.29) is 11.3 Å². The fraction of sp³-hybridized carbons (Fsp3) is 0.0909. The Hall–Kier alpha value is -1.64. The lowest BCUT2D eigenvalue weighted by molar-refractivity contribution is 0.154. The molecule has 0 aliphatic heterocycles. The number of alkyl halides is 2. The van der Waals surface area contributed by atoms with E-state index in [1.165, 1.54) is 6.07 Å². The monoisotopic (exact) mass is 193 g/mol. The van der Waals surface area contributed by atoms with Crippen molar-refractivity contribution < 1.29 is 8.78 Å². The highest BCUT2D eigenvalue weighted by Gasteiger charge is 2.14. The number of nitrogen functional groups attached to an aromatic ring is 1. The number of anilines is 1. The van der Waals surface area contributed by atoms with Crippen molar-refractivity contribution in [1.82, 2.24) is 0 Å². The maximum atomic E-state index is 12.7. The van der Waals surface area contributed by atoms with Gasteiger partial charge in [-0.15, -0.1) is 0 Å². The molecule has 2 aromatic rings. The predicted octanol–water partition coefficient (Wildman–Crippen LogP) is 3.36. The van der Waals surface area contributed by atoms with Crippen molar-refractivity contribution in [1.29, 1.82) is 0 Å². The molecule has 0 amide bonds. The van der Waals surface area contributed by atoms with Crippen molar-refractivity contribution >= 4 is 16.5 Å². The summed E-state index contributed by atoms with van der Waals surface area (Å²) >= 11 is 0. The van der Waals surface area contributed by atoms with Crippen LogP contribution in [-0.2, 0) is 0 Å². The molecule has 0 fully saturated rings. The van der Waals surface area contributed by atoms with Crippen LogP contribution in [0.2, 0.25) is 0 Å². The molecular weight excluding hydrogens is 184 g/mol. The number of benzene rings is 2. The Morgan fingerprint density at radius 3 is 2.43 bits per heavy atom. The third kappa shape index (κ3) is 1.31. The summed E-state index contributed by atoms with van der Waals surface area (Å²) in [7, 11) is 0. The van der Waals surface area contributed by atoms with Crippen molar-refractivity contribution in [2.75, 3.05) is 5.73 Å². The second-order valence-electron chi connectivity index (χ2n) is 3.09. The standard InChI is InChI=1S/C11H9F2N/c12-11(13)10-8-4-2-1-3-7(8)5-6-9(10)14/h1-6,11H,14H2. The minimum absolute atomic E-state index is 0.0666. The van der Waals surface area contributed by atoms with Crippen molar-refractivity contribution in [3.63, 3.8) is 0 Å². The maximum absolute atomic E-state index is 12.7. The summed E-state index contributed by atoms with van der Waals surface area (Å²) in [6.07, 6.45) is -2.53. The second kappa shape index (κ2) is 3.25. The van der Waals surface area contributed by atoms with Gasteiger partial charge in [-0.25, -0.2) is 8.78 Å². The van der Waals surface area contributed by atoms with Gasteiger partial charge >= 0.3 is 0 Å². The highest BCUT2D eigenvalue weighted by Crippen LogP contribution is 2.32. The van der Waals surface area contributed by atoms with Crippen LogP contribution in [0.5, 0.6) is 0 Å². The number of hydrogen-bond donors (Lipinski definition) is 1. The Balaban J connectivity index is 2.83. The summed E-state index contributed by atoms with van der Waals surface area (Å²) in [5.41, 5.74) is 5.59. The molecule has 0 unspecified atom stereocenters. The van der Waals surface area contributed by atoms with Gasteiger partial charge in [-0.3, -0.25) is 0 Å². The number of halogens is 2. The van der Waals surface area contributed by atoms with Crippen LogP contribution in [-0.4, -0.2) is 0 Å². The van der Waals surface area contributed by atoms with Crippen LogP contribution in [0.1, 0.15) is 12.0 Å². The molecule has 2 N–H and O–H groups in total. The summed E-state index contributed by atoms with van der Waals surface area (Å²) in [6, 6.07) is 10.3. The average Bonchev–Trinajstić information content (AvgIpc) is 2.17. The molecule has 0 saturated heterocycles.